The van der Waals surface area contributed by atoms with Crippen LogP contribution in [0.25, 0.3) is 0 Å². The van der Waals surface area contributed by atoms with Crippen molar-refractivity contribution >= 4 is 0 Å². The Morgan fingerprint density at radius 3 is 2.83 bits per heavy atom. The first-order valence-electron chi connectivity index (χ1n) is 4.66. The van der Waals surface area contributed by atoms with E-state index in [1.54, 1.807) is 0 Å². The summed E-state index contributed by atoms with van der Waals surface area (Å²) in [6.45, 7) is 8.73. The summed E-state index contributed by atoms with van der Waals surface area (Å²) < 4.78 is 11.1. The summed E-state index contributed by atoms with van der Waals surface area (Å²) in [5, 5.41) is 3.30. The summed E-state index contributed by atoms with van der Waals surface area (Å²) in [5.41, 5.74) is 0. The minimum atomic E-state index is 0.233. The minimum absolute atomic E-state index is 0.233. The van der Waals surface area contributed by atoms with Gasteiger partial charge in [0, 0.05) is 13.1 Å². The van der Waals surface area contributed by atoms with Gasteiger partial charge in [-0.05, 0) is 20.8 Å². The first kappa shape index (κ1) is 9.96. The number of nitrogens with one attached hydrogen (secondary N) is 1. The molecule has 0 amide bonds. The second-order valence-corrected chi connectivity index (χ2v) is 3.61. The van der Waals surface area contributed by atoms with E-state index in [-0.39, 0.29) is 6.10 Å². The van der Waals surface area contributed by atoms with Gasteiger partial charge in [0.1, 0.15) is 0 Å². The van der Waals surface area contributed by atoms with Crippen molar-refractivity contribution in [3.8, 4) is 0 Å². The molecule has 2 unspecified atom stereocenters. The summed E-state index contributed by atoms with van der Waals surface area (Å²) in [7, 11) is 0. The van der Waals surface area contributed by atoms with Crippen LogP contribution in [0, 0.1) is 0 Å². The van der Waals surface area contributed by atoms with E-state index in [1.165, 1.54) is 0 Å². The number of hydrogen-bond acceptors (Lipinski definition) is 3. The predicted molar refractivity (Wildman–Crippen MR) is 48.3 cm³/mol. The third kappa shape index (κ3) is 3.52. The van der Waals surface area contributed by atoms with Gasteiger partial charge in [-0.25, -0.2) is 0 Å². The van der Waals surface area contributed by atoms with E-state index < -0.39 is 0 Å². The molecule has 0 bridgehead atoms. The van der Waals surface area contributed by atoms with Crippen molar-refractivity contribution in [2.24, 2.45) is 0 Å². The maximum Gasteiger partial charge on any atom is 0.0936 e. The third-order valence-electron chi connectivity index (χ3n) is 1.84. The zero-order valence-corrected chi connectivity index (χ0v) is 8.17. The van der Waals surface area contributed by atoms with Gasteiger partial charge in [0.15, 0.2) is 0 Å². The highest BCUT2D eigenvalue weighted by Crippen LogP contribution is 2.04. The molecule has 1 fully saturated rings. The monoisotopic (exact) mass is 173 g/mol. The largest absolute Gasteiger partial charge is 0.376 e. The Hall–Kier alpha value is -0.120. The number of rotatable bonds is 3. The molecule has 0 aromatic heterocycles. The summed E-state index contributed by atoms with van der Waals surface area (Å²) in [5.74, 6) is 0. The average molecular weight is 173 g/mol. The molecule has 1 heterocycles. The van der Waals surface area contributed by atoms with Crippen molar-refractivity contribution in [1.82, 2.24) is 5.32 Å². The average Bonchev–Trinajstić information content (AvgIpc) is 2.01. The van der Waals surface area contributed by atoms with Gasteiger partial charge >= 0.3 is 0 Å². The molecule has 2 atom stereocenters. The Labute approximate surface area is 74.4 Å². The van der Waals surface area contributed by atoms with Crippen molar-refractivity contribution in [3.63, 3.8) is 0 Å². The molecule has 3 heteroatoms. The number of morpholine rings is 1. The lowest BCUT2D eigenvalue weighted by molar-refractivity contribution is -0.0792. The highest BCUT2D eigenvalue weighted by atomic mass is 16.5. The van der Waals surface area contributed by atoms with Crippen LogP contribution >= 0.6 is 0 Å². The van der Waals surface area contributed by atoms with Crippen LogP contribution in [0.4, 0.5) is 0 Å². The third-order valence-corrected chi connectivity index (χ3v) is 1.84. The number of ether oxygens (including phenoxy) is 2. The second-order valence-electron chi connectivity index (χ2n) is 3.61. The highest BCUT2D eigenvalue weighted by Gasteiger charge is 2.18. The van der Waals surface area contributed by atoms with Gasteiger partial charge in [0.05, 0.1) is 24.9 Å². The second kappa shape index (κ2) is 4.80. The lowest BCUT2D eigenvalue weighted by Crippen LogP contribution is -2.45. The van der Waals surface area contributed by atoms with Crippen LogP contribution in [0.1, 0.15) is 20.8 Å². The molecule has 1 N–H and O–H groups in total. The Bertz CT molecular complexity index is 128. The van der Waals surface area contributed by atoms with E-state index in [4.69, 9.17) is 9.47 Å². The molecular formula is C9H19NO2. The fourth-order valence-electron chi connectivity index (χ4n) is 1.27. The standard InChI is InChI=1S/C9H19NO2/c1-7(2)11-6-9-5-10-4-8(3)12-9/h7-10H,4-6H2,1-3H3. The van der Waals surface area contributed by atoms with Crippen molar-refractivity contribution < 1.29 is 9.47 Å². The van der Waals surface area contributed by atoms with Gasteiger partial charge < -0.3 is 14.8 Å². The Morgan fingerprint density at radius 1 is 1.50 bits per heavy atom. The zero-order chi connectivity index (χ0) is 8.97. The molecule has 0 radical (unpaired) electrons. The van der Waals surface area contributed by atoms with Gasteiger partial charge in [-0.15, -0.1) is 0 Å². The molecule has 0 spiro atoms. The lowest BCUT2D eigenvalue weighted by atomic mass is 10.2. The van der Waals surface area contributed by atoms with Crippen molar-refractivity contribution in [3.05, 3.63) is 0 Å². The van der Waals surface area contributed by atoms with Gasteiger partial charge in [-0.1, -0.05) is 0 Å². The molecule has 12 heavy (non-hydrogen) atoms. The number of hydrogen-bond donors (Lipinski definition) is 1. The van der Waals surface area contributed by atoms with Crippen LogP contribution < -0.4 is 5.32 Å². The Kier molecular flexibility index (Phi) is 3.98. The fraction of sp³-hybridized carbons (Fsp3) is 1.00. The van der Waals surface area contributed by atoms with E-state index in [9.17, 15) is 0 Å². The SMILES string of the molecule is CC(C)OCC1CNCC(C)O1. The summed E-state index contributed by atoms with van der Waals surface area (Å²) in [4.78, 5) is 0. The summed E-state index contributed by atoms with van der Waals surface area (Å²) in [6.07, 6.45) is 0.849. The molecule has 0 aromatic carbocycles. The van der Waals surface area contributed by atoms with Gasteiger partial charge in [-0.3, -0.25) is 0 Å². The maximum atomic E-state index is 5.65. The molecule has 1 saturated heterocycles. The van der Waals surface area contributed by atoms with Crippen LogP contribution in [-0.4, -0.2) is 38.0 Å². The molecule has 0 saturated carbocycles. The quantitative estimate of drug-likeness (QED) is 0.684. The van der Waals surface area contributed by atoms with Crippen LogP contribution in [0.5, 0.6) is 0 Å². The lowest BCUT2D eigenvalue weighted by Gasteiger charge is -2.29. The molecule has 1 aliphatic heterocycles. The van der Waals surface area contributed by atoms with Crippen LogP contribution in [-0.2, 0) is 9.47 Å². The summed E-state index contributed by atoms with van der Waals surface area (Å²) >= 11 is 0. The van der Waals surface area contributed by atoms with E-state index in [2.05, 4.69) is 12.2 Å². The predicted octanol–water partition coefficient (Wildman–Crippen LogP) is 0.788. The van der Waals surface area contributed by atoms with Crippen molar-refractivity contribution in [2.75, 3.05) is 19.7 Å². The Morgan fingerprint density at radius 2 is 2.25 bits per heavy atom. The zero-order valence-electron chi connectivity index (χ0n) is 8.17. The molecular weight excluding hydrogens is 154 g/mol. The first-order valence-corrected chi connectivity index (χ1v) is 4.66. The van der Waals surface area contributed by atoms with Crippen LogP contribution in [0.2, 0.25) is 0 Å². The first-order chi connectivity index (χ1) is 5.68. The molecule has 1 rings (SSSR count). The molecule has 0 aromatic rings. The summed E-state index contributed by atoms with van der Waals surface area (Å²) in [6, 6.07) is 0. The van der Waals surface area contributed by atoms with Gasteiger partial charge in [0.25, 0.3) is 0 Å². The van der Waals surface area contributed by atoms with Gasteiger partial charge in [-0.2, -0.15) is 0 Å². The molecule has 72 valence electrons. The molecule has 1 aliphatic rings. The van der Waals surface area contributed by atoms with Gasteiger partial charge in [0.2, 0.25) is 0 Å². The Balaban J connectivity index is 2.14. The fourth-order valence-corrected chi connectivity index (χ4v) is 1.27. The smallest absolute Gasteiger partial charge is 0.0936 e. The molecule has 3 nitrogen and oxygen atoms in total. The highest BCUT2D eigenvalue weighted by molar-refractivity contribution is 4.71. The van der Waals surface area contributed by atoms with E-state index >= 15 is 0 Å². The van der Waals surface area contributed by atoms with Crippen LogP contribution in [0.3, 0.4) is 0 Å². The minimum Gasteiger partial charge on any atom is -0.376 e. The van der Waals surface area contributed by atoms with Crippen molar-refractivity contribution in [2.45, 2.75) is 39.1 Å². The maximum absolute atomic E-state index is 5.65. The normalized spacial score (nSPS) is 31.0. The van der Waals surface area contributed by atoms with Crippen LogP contribution in [0.15, 0.2) is 0 Å². The van der Waals surface area contributed by atoms with E-state index in [0.717, 1.165) is 13.1 Å². The van der Waals surface area contributed by atoms with E-state index in [1.807, 2.05) is 13.8 Å². The van der Waals surface area contributed by atoms with Crippen molar-refractivity contribution in [1.29, 1.82) is 0 Å². The van der Waals surface area contributed by atoms with E-state index in [0.29, 0.717) is 18.8 Å². The topological polar surface area (TPSA) is 30.5 Å². The molecule has 0 aliphatic carbocycles.